The van der Waals surface area contributed by atoms with Crippen molar-refractivity contribution in [3.63, 3.8) is 0 Å². The van der Waals surface area contributed by atoms with Crippen molar-refractivity contribution in [2.24, 2.45) is 0 Å². The zero-order valence-corrected chi connectivity index (χ0v) is 17.2. The molecule has 1 aliphatic rings. The van der Waals surface area contributed by atoms with E-state index in [-0.39, 0.29) is 0 Å². The zero-order chi connectivity index (χ0) is 19.5. The van der Waals surface area contributed by atoms with Gasteiger partial charge in [0.25, 0.3) is 0 Å². The third-order valence-electron chi connectivity index (χ3n) is 5.27. The van der Waals surface area contributed by atoms with Crippen molar-refractivity contribution in [1.29, 1.82) is 0 Å². The molecular formula is C22H26N4OS. The van der Waals surface area contributed by atoms with Crippen LogP contribution in [0, 0.1) is 11.7 Å². The van der Waals surface area contributed by atoms with Crippen LogP contribution in [0.25, 0.3) is 5.69 Å². The first-order valence-corrected chi connectivity index (χ1v) is 10.3. The number of hydrogen-bond acceptors (Lipinski definition) is 4. The molecule has 1 aromatic heterocycles. The van der Waals surface area contributed by atoms with Crippen LogP contribution in [0.3, 0.4) is 0 Å². The summed E-state index contributed by atoms with van der Waals surface area (Å²) in [4.78, 5) is 2.47. The number of aromatic nitrogens is 3. The molecule has 0 unspecified atom stereocenters. The molecule has 2 heterocycles. The second-order valence-electron chi connectivity index (χ2n) is 7.11. The van der Waals surface area contributed by atoms with Gasteiger partial charge < -0.3 is 4.74 Å². The standard InChI is InChI=1S/C22H26N4OS/c1-3-27-20-13-11-18(12-14-20)21-10-7-15-24(21)16-25-22(28)26(17(2)23-25)19-8-5-4-6-9-19/h4-6,8-9,11-14,21H,3,7,10,15-16H2,1-2H3/t21-/m0/s1. The molecule has 1 aliphatic heterocycles. The number of para-hydroxylation sites is 1. The Morgan fingerprint density at radius 2 is 1.86 bits per heavy atom. The molecule has 0 N–H and O–H groups in total. The molecule has 0 bridgehead atoms. The first-order chi connectivity index (χ1) is 13.7. The van der Waals surface area contributed by atoms with Crippen LogP contribution in [0.5, 0.6) is 5.75 Å². The Hall–Kier alpha value is -2.44. The first-order valence-electron chi connectivity index (χ1n) is 9.86. The summed E-state index contributed by atoms with van der Waals surface area (Å²) >= 11 is 5.75. The van der Waals surface area contributed by atoms with E-state index in [1.54, 1.807) is 0 Å². The highest BCUT2D eigenvalue weighted by Gasteiger charge is 2.27. The lowest BCUT2D eigenvalue weighted by atomic mass is 10.0. The van der Waals surface area contributed by atoms with Crippen LogP contribution in [-0.4, -0.2) is 32.4 Å². The summed E-state index contributed by atoms with van der Waals surface area (Å²) < 4.78 is 10.3. The summed E-state index contributed by atoms with van der Waals surface area (Å²) in [5.74, 6) is 1.84. The molecule has 0 aliphatic carbocycles. The van der Waals surface area contributed by atoms with Gasteiger partial charge in [-0.1, -0.05) is 30.3 Å². The predicted molar refractivity (Wildman–Crippen MR) is 113 cm³/mol. The van der Waals surface area contributed by atoms with Gasteiger partial charge in [-0.2, -0.15) is 5.10 Å². The number of benzene rings is 2. The molecule has 1 saturated heterocycles. The van der Waals surface area contributed by atoms with E-state index in [0.29, 0.717) is 19.3 Å². The van der Waals surface area contributed by atoms with Gasteiger partial charge in [-0.15, -0.1) is 0 Å². The van der Waals surface area contributed by atoms with E-state index < -0.39 is 0 Å². The molecule has 4 rings (SSSR count). The van der Waals surface area contributed by atoms with E-state index in [1.807, 2.05) is 41.3 Å². The Morgan fingerprint density at radius 1 is 1.11 bits per heavy atom. The molecule has 0 radical (unpaired) electrons. The smallest absolute Gasteiger partial charge is 0.203 e. The average molecular weight is 395 g/mol. The van der Waals surface area contributed by atoms with Gasteiger partial charge in [0.05, 0.1) is 13.3 Å². The number of aryl methyl sites for hydroxylation is 1. The van der Waals surface area contributed by atoms with Gasteiger partial charge in [-0.25, -0.2) is 4.68 Å². The summed E-state index contributed by atoms with van der Waals surface area (Å²) in [6, 6.07) is 19.1. The van der Waals surface area contributed by atoms with Crippen LogP contribution in [0.1, 0.15) is 37.2 Å². The maximum Gasteiger partial charge on any atom is 0.203 e. The summed E-state index contributed by atoms with van der Waals surface area (Å²) in [5, 5.41) is 4.73. The SMILES string of the molecule is CCOc1ccc([C@@H]2CCCN2Cn2nc(C)n(-c3ccccc3)c2=S)cc1. The molecular weight excluding hydrogens is 368 g/mol. The molecule has 0 saturated carbocycles. The lowest BCUT2D eigenvalue weighted by Gasteiger charge is -2.24. The van der Waals surface area contributed by atoms with E-state index in [0.717, 1.165) is 35.0 Å². The Labute approximate surface area is 171 Å². The van der Waals surface area contributed by atoms with Gasteiger partial charge >= 0.3 is 0 Å². The van der Waals surface area contributed by atoms with Gasteiger partial charge in [0, 0.05) is 18.3 Å². The van der Waals surface area contributed by atoms with Crippen molar-refractivity contribution in [2.45, 2.75) is 39.4 Å². The number of likely N-dealkylation sites (tertiary alicyclic amines) is 1. The third kappa shape index (κ3) is 3.75. The lowest BCUT2D eigenvalue weighted by molar-refractivity contribution is 0.189. The molecule has 3 aromatic rings. The Bertz CT molecular complexity index is 978. The van der Waals surface area contributed by atoms with Crippen LogP contribution < -0.4 is 4.74 Å². The van der Waals surface area contributed by atoms with Gasteiger partial charge in [0.15, 0.2) is 0 Å². The van der Waals surface area contributed by atoms with Gasteiger partial charge in [0.1, 0.15) is 11.6 Å². The third-order valence-corrected chi connectivity index (χ3v) is 5.66. The number of ether oxygens (including phenoxy) is 1. The first kappa shape index (κ1) is 18.9. The topological polar surface area (TPSA) is 35.2 Å². The molecule has 1 atom stereocenters. The monoisotopic (exact) mass is 394 g/mol. The van der Waals surface area contributed by atoms with Crippen molar-refractivity contribution in [3.05, 3.63) is 70.8 Å². The molecule has 6 heteroatoms. The highest BCUT2D eigenvalue weighted by atomic mass is 32.1. The average Bonchev–Trinajstić information content (AvgIpc) is 3.28. The van der Waals surface area contributed by atoms with Crippen molar-refractivity contribution >= 4 is 12.2 Å². The van der Waals surface area contributed by atoms with E-state index in [1.165, 1.54) is 12.0 Å². The maximum absolute atomic E-state index is 5.75. The van der Waals surface area contributed by atoms with Crippen molar-refractivity contribution in [2.75, 3.05) is 13.2 Å². The van der Waals surface area contributed by atoms with Crippen LogP contribution in [0.2, 0.25) is 0 Å². The minimum Gasteiger partial charge on any atom is -0.494 e. The van der Waals surface area contributed by atoms with Crippen molar-refractivity contribution in [1.82, 2.24) is 19.2 Å². The second-order valence-corrected chi connectivity index (χ2v) is 7.48. The predicted octanol–water partition coefficient (Wildman–Crippen LogP) is 4.91. The second kappa shape index (κ2) is 8.29. The van der Waals surface area contributed by atoms with Gasteiger partial charge in [0.2, 0.25) is 4.77 Å². The molecule has 1 fully saturated rings. The van der Waals surface area contributed by atoms with Crippen LogP contribution in [-0.2, 0) is 6.67 Å². The van der Waals surface area contributed by atoms with Crippen molar-refractivity contribution in [3.8, 4) is 11.4 Å². The van der Waals surface area contributed by atoms with E-state index in [4.69, 9.17) is 22.1 Å². The lowest BCUT2D eigenvalue weighted by Crippen LogP contribution is -2.27. The van der Waals surface area contributed by atoms with Crippen LogP contribution >= 0.6 is 12.2 Å². The molecule has 146 valence electrons. The van der Waals surface area contributed by atoms with Crippen LogP contribution in [0.15, 0.2) is 54.6 Å². The number of hydrogen-bond donors (Lipinski definition) is 0. The van der Waals surface area contributed by atoms with E-state index in [9.17, 15) is 0 Å². The highest BCUT2D eigenvalue weighted by molar-refractivity contribution is 7.71. The summed E-state index contributed by atoms with van der Waals surface area (Å²) in [6.07, 6.45) is 2.34. The van der Waals surface area contributed by atoms with Gasteiger partial charge in [-0.05, 0) is 68.7 Å². The number of rotatable bonds is 6. The quantitative estimate of drug-likeness (QED) is 0.557. The Kier molecular flexibility index (Phi) is 5.59. The molecule has 5 nitrogen and oxygen atoms in total. The molecule has 0 amide bonds. The fourth-order valence-electron chi connectivity index (χ4n) is 3.98. The maximum atomic E-state index is 5.75. The fraction of sp³-hybridized carbons (Fsp3) is 0.364. The molecule has 28 heavy (non-hydrogen) atoms. The normalized spacial score (nSPS) is 17.1. The molecule has 0 spiro atoms. The van der Waals surface area contributed by atoms with Gasteiger partial charge in [-0.3, -0.25) is 9.47 Å². The Morgan fingerprint density at radius 3 is 2.57 bits per heavy atom. The summed E-state index contributed by atoms with van der Waals surface area (Å²) in [6.45, 7) is 6.46. The van der Waals surface area contributed by atoms with E-state index >= 15 is 0 Å². The number of nitrogens with zero attached hydrogens (tertiary/aromatic N) is 4. The zero-order valence-electron chi connectivity index (χ0n) is 16.4. The fourth-order valence-corrected chi connectivity index (χ4v) is 4.32. The minimum absolute atomic E-state index is 0.389. The largest absolute Gasteiger partial charge is 0.494 e. The van der Waals surface area contributed by atoms with E-state index in [2.05, 4.69) is 41.3 Å². The highest BCUT2D eigenvalue weighted by Crippen LogP contribution is 2.33. The summed E-state index contributed by atoms with van der Waals surface area (Å²) in [5.41, 5.74) is 2.38. The van der Waals surface area contributed by atoms with Crippen LogP contribution in [0.4, 0.5) is 0 Å². The molecule has 2 aromatic carbocycles. The summed E-state index contributed by atoms with van der Waals surface area (Å²) in [7, 11) is 0. The minimum atomic E-state index is 0.389. The Balaban J connectivity index is 1.56. The van der Waals surface area contributed by atoms with Crippen molar-refractivity contribution < 1.29 is 4.74 Å².